The molecule has 198 valence electrons. The zero-order valence-electron chi connectivity index (χ0n) is 21.4. The van der Waals surface area contributed by atoms with Crippen molar-refractivity contribution >= 4 is 23.2 Å². The van der Waals surface area contributed by atoms with E-state index in [-0.39, 0.29) is 36.1 Å². The van der Waals surface area contributed by atoms with Gasteiger partial charge in [0.05, 0.1) is 5.56 Å². The molecule has 38 heavy (non-hydrogen) atoms. The summed E-state index contributed by atoms with van der Waals surface area (Å²) in [5, 5.41) is 44.5. The molecule has 0 spiro atoms. The Morgan fingerprint density at radius 2 is 1.84 bits per heavy atom. The molecule has 0 fully saturated rings. The van der Waals surface area contributed by atoms with E-state index in [0.29, 0.717) is 11.1 Å². The van der Waals surface area contributed by atoms with Crippen LogP contribution >= 0.6 is 0 Å². The molecule has 9 nitrogen and oxygen atoms in total. The van der Waals surface area contributed by atoms with E-state index in [1.807, 2.05) is 56.3 Å². The first-order valence-electron chi connectivity index (χ1n) is 12.5. The average Bonchev–Trinajstić information content (AvgIpc) is 2.86. The summed E-state index contributed by atoms with van der Waals surface area (Å²) in [5.41, 5.74) is 5.27. The van der Waals surface area contributed by atoms with Crippen LogP contribution in [-0.2, 0) is 22.4 Å². The Kier molecular flexibility index (Phi) is 5.87. The smallest absolute Gasteiger partial charge is 0.255 e. The van der Waals surface area contributed by atoms with Gasteiger partial charge >= 0.3 is 0 Å². The number of aromatic hydroxyl groups is 1. The number of primary amides is 1. The first kappa shape index (κ1) is 25.5. The Hall–Kier alpha value is -4.11. The van der Waals surface area contributed by atoms with E-state index in [2.05, 4.69) is 0 Å². The number of hydrogen-bond donors (Lipinski definition) is 5. The van der Waals surface area contributed by atoms with Crippen LogP contribution in [0.2, 0.25) is 0 Å². The third kappa shape index (κ3) is 3.45. The van der Waals surface area contributed by atoms with Gasteiger partial charge in [0.15, 0.2) is 11.4 Å². The Labute approximate surface area is 219 Å². The number of hydrogen-bond acceptors (Lipinski definition) is 8. The monoisotopic (exact) mass is 518 g/mol. The lowest BCUT2D eigenvalue weighted by Crippen LogP contribution is -2.57. The Balaban J connectivity index is 1.72. The number of aliphatic hydroxyl groups excluding tert-OH is 2. The molecular weight excluding hydrogens is 488 g/mol. The second-order valence-corrected chi connectivity index (χ2v) is 10.5. The largest absolute Gasteiger partial charge is 0.511 e. The number of anilines is 1. The maximum Gasteiger partial charge on any atom is 0.255 e. The third-order valence-electron chi connectivity index (χ3n) is 8.17. The fraction of sp³-hybridized carbons (Fsp3) is 0.345. The van der Waals surface area contributed by atoms with Gasteiger partial charge < -0.3 is 31.1 Å². The minimum atomic E-state index is -2.58. The van der Waals surface area contributed by atoms with E-state index in [1.165, 1.54) is 0 Å². The van der Waals surface area contributed by atoms with Crippen LogP contribution in [0.5, 0.6) is 5.75 Å². The number of fused-ring (bicyclic) bond motifs is 3. The molecule has 5 rings (SSSR count). The molecular formula is C29H30N2O7. The van der Waals surface area contributed by atoms with Crippen LogP contribution in [0.4, 0.5) is 5.69 Å². The zero-order valence-corrected chi connectivity index (χ0v) is 21.4. The number of ketones is 2. The molecule has 1 amide bonds. The van der Waals surface area contributed by atoms with Gasteiger partial charge in [0.2, 0.25) is 5.78 Å². The van der Waals surface area contributed by atoms with Gasteiger partial charge in [0, 0.05) is 43.3 Å². The Morgan fingerprint density at radius 3 is 2.47 bits per heavy atom. The first-order chi connectivity index (χ1) is 17.9. The summed E-state index contributed by atoms with van der Waals surface area (Å²) in [6.45, 7) is 2.02. The number of nitrogens with two attached hydrogens (primary N) is 1. The topological polar surface area (TPSA) is 161 Å². The molecule has 3 aliphatic carbocycles. The number of amides is 1. The number of nitrogens with zero attached hydrogens (tertiary/aromatic N) is 1. The SMILES string of the molecule is CCc1cccc(-c2cc(N(C)C)c3c(c2O)C(=O)C2=C(O)[C@]4(O)C(=O)C(C(N)=O)=C(O)C[C@@H]4C[C@@H]2C3)c1. The number of phenolic OH excluding ortho intramolecular Hbond substituents is 1. The lowest BCUT2D eigenvalue weighted by atomic mass is 9.60. The van der Waals surface area contributed by atoms with Crippen molar-refractivity contribution in [3.63, 3.8) is 0 Å². The van der Waals surface area contributed by atoms with Crippen molar-refractivity contribution < 1.29 is 34.8 Å². The number of Topliss-reactive ketones (excluding diaryl/α,β-unsaturated/α-hetero) is 2. The molecule has 3 atom stereocenters. The van der Waals surface area contributed by atoms with Gasteiger partial charge in [-0.2, -0.15) is 0 Å². The predicted octanol–water partition coefficient (Wildman–Crippen LogP) is 2.88. The van der Waals surface area contributed by atoms with Crippen LogP contribution in [0.25, 0.3) is 11.1 Å². The van der Waals surface area contributed by atoms with Gasteiger partial charge in [0.1, 0.15) is 22.8 Å². The van der Waals surface area contributed by atoms with Crippen LogP contribution in [0.3, 0.4) is 0 Å². The normalized spacial score (nSPS) is 24.6. The Morgan fingerprint density at radius 1 is 1.13 bits per heavy atom. The fourth-order valence-corrected chi connectivity index (χ4v) is 6.25. The molecule has 0 saturated heterocycles. The summed E-state index contributed by atoms with van der Waals surface area (Å²) < 4.78 is 0. The lowest BCUT2D eigenvalue weighted by Gasteiger charge is -2.46. The van der Waals surface area contributed by atoms with Crippen molar-refractivity contribution in [2.75, 3.05) is 19.0 Å². The summed E-state index contributed by atoms with van der Waals surface area (Å²) >= 11 is 0. The molecule has 6 N–H and O–H groups in total. The van der Waals surface area contributed by atoms with Crippen LogP contribution in [0.1, 0.15) is 41.3 Å². The van der Waals surface area contributed by atoms with Gasteiger partial charge in [0.25, 0.3) is 5.91 Å². The maximum atomic E-state index is 14.0. The third-order valence-corrected chi connectivity index (χ3v) is 8.17. The molecule has 2 aromatic carbocycles. The summed E-state index contributed by atoms with van der Waals surface area (Å²) in [7, 11) is 3.67. The highest BCUT2D eigenvalue weighted by molar-refractivity contribution is 6.24. The molecule has 0 saturated carbocycles. The van der Waals surface area contributed by atoms with E-state index < -0.39 is 52.0 Å². The molecule has 3 aliphatic rings. The van der Waals surface area contributed by atoms with Gasteiger partial charge in [-0.25, -0.2) is 0 Å². The van der Waals surface area contributed by atoms with Crippen molar-refractivity contribution in [1.82, 2.24) is 0 Å². The first-order valence-corrected chi connectivity index (χ1v) is 12.5. The van der Waals surface area contributed by atoms with Gasteiger partial charge in [-0.05, 0) is 47.9 Å². The number of carbonyl (C=O) groups excluding carboxylic acids is 3. The minimum absolute atomic E-state index is 0.00437. The van der Waals surface area contributed by atoms with Gasteiger partial charge in [-0.3, -0.25) is 14.4 Å². The zero-order chi connectivity index (χ0) is 27.7. The molecule has 9 heteroatoms. The van der Waals surface area contributed by atoms with E-state index in [9.17, 15) is 34.8 Å². The number of benzene rings is 2. The average molecular weight is 519 g/mol. The van der Waals surface area contributed by atoms with E-state index in [1.54, 1.807) is 0 Å². The molecule has 0 unspecified atom stereocenters. The summed E-state index contributed by atoms with van der Waals surface area (Å²) in [6.07, 6.45) is 0.877. The van der Waals surface area contributed by atoms with E-state index >= 15 is 0 Å². The van der Waals surface area contributed by atoms with Crippen molar-refractivity contribution in [2.45, 2.75) is 38.2 Å². The quantitative estimate of drug-likeness (QED) is 0.386. The number of aliphatic hydroxyl groups is 3. The van der Waals surface area contributed by atoms with Crippen LogP contribution in [-0.4, -0.2) is 57.6 Å². The van der Waals surface area contributed by atoms with Crippen molar-refractivity contribution in [3.05, 3.63) is 69.7 Å². The van der Waals surface area contributed by atoms with E-state index in [4.69, 9.17) is 5.73 Å². The summed E-state index contributed by atoms with van der Waals surface area (Å²) in [4.78, 5) is 40.8. The highest BCUT2D eigenvalue weighted by atomic mass is 16.3. The highest BCUT2D eigenvalue weighted by Gasteiger charge is 2.59. The minimum Gasteiger partial charge on any atom is -0.511 e. The van der Waals surface area contributed by atoms with Crippen molar-refractivity contribution in [2.24, 2.45) is 17.6 Å². The van der Waals surface area contributed by atoms with E-state index in [0.717, 1.165) is 23.2 Å². The molecule has 0 radical (unpaired) electrons. The van der Waals surface area contributed by atoms with Gasteiger partial charge in [-0.1, -0.05) is 31.2 Å². The van der Waals surface area contributed by atoms with Crippen LogP contribution in [0.15, 0.2) is 53.0 Å². The molecule has 0 heterocycles. The number of allylic oxidation sites excluding steroid dienone is 2. The molecule has 0 bridgehead atoms. The lowest BCUT2D eigenvalue weighted by molar-refractivity contribution is -0.144. The van der Waals surface area contributed by atoms with Crippen LogP contribution in [0, 0.1) is 11.8 Å². The molecule has 0 aliphatic heterocycles. The Bertz CT molecular complexity index is 1490. The number of carbonyl (C=O) groups is 3. The fourth-order valence-electron chi connectivity index (χ4n) is 6.25. The van der Waals surface area contributed by atoms with Crippen LogP contribution < -0.4 is 10.6 Å². The molecule has 0 aromatic heterocycles. The second kappa shape index (κ2) is 8.73. The molecule has 2 aromatic rings. The highest BCUT2D eigenvalue weighted by Crippen LogP contribution is 2.53. The second-order valence-electron chi connectivity index (χ2n) is 10.5. The summed E-state index contributed by atoms with van der Waals surface area (Å²) in [5.74, 6) is -6.34. The van der Waals surface area contributed by atoms with Crippen molar-refractivity contribution in [3.8, 4) is 16.9 Å². The number of phenols is 1. The van der Waals surface area contributed by atoms with Crippen molar-refractivity contribution in [1.29, 1.82) is 0 Å². The standard InChI is InChI=1S/C29H30N2O7/c1-4-13-6-5-7-14(8-13)17-12-19(31(2)3)18-10-15-9-16-11-20(32)23(28(30)37)27(36)29(16,38)26(35)21(15)25(34)22(18)24(17)33/h5-8,12,15-16,32-33,35,38H,4,9-11H2,1-3H3,(H2,30,37)/t15-,16+,29+/m1/s1. The predicted molar refractivity (Wildman–Crippen MR) is 140 cm³/mol. The summed E-state index contributed by atoms with van der Waals surface area (Å²) in [6, 6.07) is 9.45. The maximum absolute atomic E-state index is 14.0. The number of rotatable bonds is 4. The number of aryl methyl sites for hydroxylation is 1. The van der Waals surface area contributed by atoms with Gasteiger partial charge in [-0.15, -0.1) is 0 Å².